The van der Waals surface area contributed by atoms with Crippen LogP contribution in [0, 0.1) is 10.1 Å². The van der Waals surface area contributed by atoms with Gasteiger partial charge in [-0.3, -0.25) is 10.1 Å². The zero-order chi connectivity index (χ0) is 11.9. The molecule has 1 aromatic carbocycles. The zero-order valence-electron chi connectivity index (χ0n) is 7.53. The number of H-pyrrole nitrogens is 1. The highest BCUT2D eigenvalue weighted by Gasteiger charge is 2.19. The van der Waals surface area contributed by atoms with Crippen LogP contribution >= 0.6 is 43.8 Å². The normalized spacial score (nSPS) is 10.9. The van der Waals surface area contributed by atoms with E-state index in [1.807, 2.05) is 0 Å². The van der Waals surface area contributed by atoms with Crippen molar-refractivity contribution in [2.24, 2.45) is 0 Å². The molecule has 16 heavy (non-hydrogen) atoms. The van der Waals surface area contributed by atoms with Gasteiger partial charge in [-0.1, -0.05) is 0 Å². The quantitative estimate of drug-likeness (QED) is 0.384. The van der Waals surface area contributed by atoms with Crippen LogP contribution in [0.3, 0.4) is 0 Å². The molecule has 0 unspecified atom stereocenters. The number of fused-ring (bicyclic) bond motifs is 1. The van der Waals surface area contributed by atoms with Crippen LogP contribution in [0.4, 0.5) is 0 Å². The van der Waals surface area contributed by atoms with Crippen molar-refractivity contribution in [1.29, 1.82) is 0 Å². The smallest absolute Gasteiger partial charge is 0.269 e. The van der Waals surface area contributed by atoms with Gasteiger partial charge in [-0.2, -0.15) is 0 Å². The van der Waals surface area contributed by atoms with Crippen LogP contribution in [-0.2, 0) is 0 Å². The van der Waals surface area contributed by atoms with Crippen molar-refractivity contribution in [2.45, 2.75) is 4.90 Å². The Labute approximate surface area is 112 Å². The topological polar surface area (TPSA) is 71.8 Å². The highest BCUT2D eigenvalue weighted by atomic mass is 79.9. The van der Waals surface area contributed by atoms with E-state index in [-0.39, 0.29) is 5.72 Å². The Morgan fingerprint density at radius 1 is 1.56 bits per heavy atom. The average Bonchev–Trinajstić information content (AvgIpc) is 2.53. The zero-order valence-corrected chi connectivity index (χ0v) is 11.5. The lowest BCUT2D eigenvalue weighted by Crippen LogP contribution is -2.05. The minimum atomic E-state index is -0.489. The lowest BCUT2D eigenvalue weighted by atomic mass is 10.1. The molecule has 2 aromatic rings. The number of hydrogen-bond acceptors (Lipinski definition) is 4. The summed E-state index contributed by atoms with van der Waals surface area (Å²) in [5.41, 5.74) is 1.36. The van der Waals surface area contributed by atoms with E-state index in [0.717, 1.165) is 0 Å². The summed E-state index contributed by atoms with van der Waals surface area (Å²) < 4.78 is 0.804. The fourth-order valence-corrected chi connectivity index (χ4v) is 2.90. The third-order valence-corrected chi connectivity index (χ3v) is 4.78. The molecule has 0 aliphatic rings. The Hall–Kier alpha value is -0.535. The molecule has 1 aromatic heterocycles. The van der Waals surface area contributed by atoms with Crippen LogP contribution in [0.25, 0.3) is 11.0 Å². The molecule has 5 nitrogen and oxygen atoms in total. The second-order valence-corrected chi connectivity index (χ2v) is 5.37. The number of aromatic nitrogens is 2. The van der Waals surface area contributed by atoms with Gasteiger partial charge in [-0.25, -0.2) is 4.98 Å². The Morgan fingerprint density at radius 2 is 2.25 bits per heavy atom. The van der Waals surface area contributed by atoms with E-state index in [1.165, 1.54) is 0 Å². The number of halogens is 2. The van der Waals surface area contributed by atoms with Crippen molar-refractivity contribution in [2.75, 3.05) is 0 Å². The lowest BCUT2D eigenvalue weighted by molar-refractivity contribution is -0.284. The summed E-state index contributed by atoms with van der Waals surface area (Å²) in [5, 5.41) is 10.5. The maximum Gasteiger partial charge on any atom is 0.269 e. The molecule has 0 atom stereocenters. The van der Waals surface area contributed by atoms with Crippen molar-refractivity contribution in [1.82, 2.24) is 9.97 Å². The number of aromatic amines is 1. The van der Waals surface area contributed by atoms with Gasteiger partial charge in [-0.15, -0.1) is 0 Å². The van der Waals surface area contributed by atoms with E-state index in [0.29, 0.717) is 36.8 Å². The highest BCUT2D eigenvalue weighted by Crippen LogP contribution is 2.38. The number of hydrogen-bond donors (Lipinski definition) is 1. The van der Waals surface area contributed by atoms with Crippen molar-refractivity contribution in [3.05, 3.63) is 25.1 Å². The first kappa shape index (κ1) is 11.9. The second-order valence-electron chi connectivity index (χ2n) is 2.83. The summed E-state index contributed by atoms with van der Waals surface area (Å²) in [4.78, 5) is 17.8. The third-order valence-electron chi connectivity index (χ3n) is 1.81. The van der Waals surface area contributed by atoms with Crippen molar-refractivity contribution in [3.8, 4) is 0 Å². The van der Waals surface area contributed by atoms with Crippen LogP contribution in [-0.4, -0.2) is 22.1 Å². The molecule has 9 heteroatoms. The van der Waals surface area contributed by atoms with Gasteiger partial charge in [0.15, 0.2) is 7.85 Å². The number of nitrogens with zero attached hydrogens (tertiary/aromatic N) is 2. The van der Waals surface area contributed by atoms with Crippen LogP contribution in [0.15, 0.2) is 19.9 Å². The molecule has 0 spiro atoms. The summed E-state index contributed by atoms with van der Waals surface area (Å²) in [6.07, 6.45) is 0. The number of imidazole rings is 1. The van der Waals surface area contributed by atoms with Gasteiger partial charge in [0.1, 0.15) is 14.7 Å². The van der Waals surface area contributed by atoms with Crippen molar-refractivity contribution >= 4 is 68.4 Å². The molecule has 0 saturated heterocycles. The minimum absolute atomic E-state index is 0.227. The van der Waals surface area contributed by atoms with Crippen molar-refractivity contribution in [3.63, 3.8) is 0 Å². The van der Waals surface area contributed by atoms with E-state index < -0.39 is 4.33 Å². The molecule has 1 N–H and O–H groups in total. The summed E-state index contributed by atoms with van der Waals surface area (Å²) in [7, 11) is 5.51. The Morgan fingerprint density at radius 3 is 2.88 bits per heavy atom. The van der Waals surface area contributed by atoms with Gasteiger partial charge in [0.25, 0.3) is 11.9 Å². The summed E-state index contributed by atoms with van der Waals surface area (Å²) in [5.74, 6) is 0. The van der Waals surface area contributed by atoms with Crippen LogP contribution < -0.4 is 5.72 Å². The number of nitro groups is 1. The summed E-state index contributed by atoms with van der Waals surface area (Å²) >= 11 is 7.06. The predicted octanol–water partition coefficient (Wildman–Crippen LogP) is 2.17. The first-order chi connectivity index (χ1) is 7.49. The largest absolute Gasteiger partial charge is 0.351 e. The molecule has 1 heterocycles. The summed E-state index contributed by atoms with van der Waals surface area (Å²) in [6.45, 7) is 0. The van der Waals surface area contributed by atoms with E-state index in [4.69, 9.17) is 7.85 Å². The predicted molar refractivity (Wildman–Crippen MR) is 69.7 cm³/mol. The Bertz CT molecular complexity index is 589. The average molecular weight is 363 g/mol. The Kier molecular flexibility index (Phi) is 3.27. The molecule has 2 rings (SSSR count). The highest BCUT2D eigenvalue weighted by molar-refractivity contribution is 9.13. The van der Waals surface area contributed by atoms with Gasteiger partial charge in [0, 0.05) is 10.2 Å². The van der Waals surface area contributed by atoms with Gasteiger partial charge < -0.3 is 4.98 Å². The van der Waals surface area contributed by atoms with Crippen LogP contribution in [0.1, 0.15) is 0 Å². The molecule has 80 valence electrons. The first-order valence-electron chi connectivity index (χ1n) is 3.94. The first-order valence-corrected chi connectivity index (χ1v) is 6.30. The van der Waals surface area contributed by atoms with E-state index in [9.17, 15) is 10.1 Å². The van der Waals surface area contributed by atoms with E-state index in [1.54, 1.807) is 6.07 Å². The third kappa shape index (κ3) is 2.11. The second kappa shape index (κ2) is 4.38. The van der Waals surface area contributed by atoms with Crippen LogP contribution in [0.2, 0.25) is 0 Å². The fraction of sp³-hybridized carbons (Fsp3) is 0. The molecule has 0 amide bonds. The number of benzene rings is 1. The molecule has 2 radical (unpaired) electrons. The van der Waals surface area contributed by atoms with E-state index in [2.05, 4.69) is 41.8 Å². The summed E-state index contributed by atoms with van der Waals surface area (Å²) in [6, 6.07) is 1.76. The number of nitrogens with one attached hydrogen (secondary N) is 1. The maximum atomic E-state index is 10.5. The number of rotatable bonds is 2. The SMILES string of the molecule is [B]c1nc2c(S[N+](=O)[O-])c(Br)c(Br)cc2[nH]1. The van der Waals surface area contributed by atoms with Gasteiger partial charge in [0.05, 0.1) is 9.99 Å². The molecular weight excluding hydrogens is 361 g/mol. The lowest BCUT2D eigenvalue weighted by Gasteiger charge is -2.01. The fourth-order valence-electron chi connectivity index (χ4n) is 1.24. The molecular formula is C7H2BBr2N3O2S. The van der Waals surface area contributed by atoms with Crippen molar-refractivity contribution < 1.29 is 4.33 Å². The monoisotopic (exact) mass is 361 g/mol. The molecule has 0 aliphatic carbocycles. The van der Waals surface area contributed by atoms with Crippen LogP contribution in [0.5, 0.6) is 0 Å². The molecule has 0 bridgehead atoms. The standard InChI is InChI=1S/C7H2BBr2N3O2S/c8-7-11-3-1-2(9)4(10)6(5(3)12-7)16-13(14)15/h1H,(H,11,12). The van der Waals surface area contributed by atoms with Gasteiger partial charge in [0.2, 0.25) is 0 Å². The van der Waals surface area contributed by atoms with E-state index >= 15 is 0 Å². The molecule has 0 fully saturated rings. The molecule has 0 saturated carbocycles. The maximum absolute atomic E-state index is 10.5. The molecule has 0 aliphatic heterocycles. The van der Waals surface area contributed by atoms with Gasteiger partial charge in [-0.05, 0) is 37.9 Å². The minimum Gasteiger partial charge on any atom is -0.351 e. The van der Waals surface area contributed by atoms with Gasteiger partial charge >= 0.3 is 0 Å². The Balaban J connectivity index is 2.75.